The van der Waals surface area contributed by atoms with Crippen LogP contribution in [0.25, 0.3) is 0 Å². The fourth-order valence-corrected chi connectivity index (χ4v) is 2.28. The summed E-state index contributed by atoms with van der Waals surface area (Å²) >= 11 is 0. The monoisotopic (exact) mass is 248 g/mol. The Labute approximate surface area is 105 Å². The lowest BCUT2D eigenvalue weighted by Gasteiger charge is -2.22. The summed E-state index contributed by atoms with van der Waals surface area (Å²) in [6, 6.07) is 6.06. The highest BCUT2D eigenvalue weighted by Crippen LogP contribution is 2.18. The smallest absolute Gasteiger partial charge is 0.270 e. The van der Waals surface area contributed by atoms with Crippen LogP contribution in [0, 0.1) is 10.1 Å². The first-order valence-electron chi connectivity index (χ1n) is 6.22. The summed E-state index contributed by atoms with van der Waals surface area (Å²) in [5.74, 6) is -0.217. The fraction of sp³-hybridized carbons (Fsp3) is 0.462. The first-order valence-corrected chi connectivity index (χ1v) is 6.22. The van der Waals surface area contributed by atoms with E-state index in [1.54, 1.807) is 6.07 Å². The molecule has 1 aliphatic carbocycles. The Morgan fingerprint density at radius 2 is 2.00 bits per heavy atom. The van der Waals surface area contributed by atoms with Crippen molar-refractivity contribution in [2.24, 2.45) is 0 Å². The average molecular weight is 248 g/mol. The van der Waals surface area contributed by atoms with Crippen molar-refractivity contribution in [3.05, 3.63) is 39.9 Å². The second-order valence-corrected chi connectivity index (χ2v) is 4.62. The molecule has 0 atom stereocenters. The van der Waals surface area contributed by atoms with Gasteiger partial charge in [0.15, 0.2) is 0 Å². The summed E-state index contributed by atoms with van der Waals surface area (Å²) in [7, 11) is 0. The van der Waals surface area contributed by atoms with E-state index in [1.807, 2.05) is 0 Å². The molecule has 0 radical (unpaired) electrons. The molecular formula is C13H16N2O3. The van der Waals surface area contributed by atoms with E-state index >= 15 is 0 Å². The number of nitro benzene ring substituents is 1. The molecule has 1 aliphatic rings. The third-order valence-corrected chi connectivity index (χ3v) is 3.26. The summed E-state index contributed by atoms with van der Waals surface area (Å²) < 4.78 is 0. The Bertz CT molecular complexity index is 453. The number of nitrogens with one attached hydrogen (secondary N) is 1. The number of rotatable bonds is 3. The zero-order chi connectivity index (χ0) is 13.0. The topological polar surface area (TPSA) is 72.2 Å². The van der Waals surface area contributed by atoms with Gasteiger partial charge in [0.1, 0.15) is 0 Å². The lowest BCUT2D eigenvalue weighted by Crippen LogP contribution is -2.36. The van der Waals surface area contributed by atoms with E-state index in [0.29, 0.717) is 5.56 Å². The molecule has 0 aromatic heterocycles. The number of carbonyl (C=O) groups excluding carboxylic acids is 1. The second kappa shape index (κ2) is 5.62. The van der Waals surface area contributed by atoms with E-state index in [-0.39, 0.29) is 17.6 Å². The molecule has 0 spiro atoms. The van der Waals surface area contributed by atoms with Crippen molar-refractivity contribution in [3.8, 4) is 0 Å². The Morgan fingerprint density at radius 3 is 2.67 bits per heavy atom. The van der Waals surface area contributed by atoms with Crippen LogP contribution < -0.4 is 5.32 Å². The number of benzene rings is 1. The SMILES string of the molecule is O=C(NC1CCCCC1)c1cccc([N+](=O)[O-])c1. The highest BCUT2D eigenvalue weighted by molar-refractivity contribution is 5.94. The molecule has 2 rings (SSSR count). The molecule has 1 amide bonds. The van der Waals surface area contributed by atoms with Crippen LogP contribution in [0.5, 0.6) is 0 Å². The van der Waals surface area contributed by atoms with E-state index in [1.165, 1.54) is 24.6 Å². The molecule has 1 N–H and O–H groups in total. The molecule has 5 nitrogen and oxygen atoms in total. The van der Waals surface area contributed by atoms with E-state index in [4.69, 9.17) is 0 Å². The third-order valence-electron chi connectivity index (χ3n) is 3.26. The normalized spacial score (nSPS) is 16.2. The quantitative estimate of drug-likeness (QED) is 0.660. The van der Waals surface area contributed by atoms with Crippen LogP contribution in [-0.4, -0.2) is 16.9 Å². The molecule has 0 saturated heterocycles. The summed E-state index contributed by atoms with van der Waals surface area (Å²) in [6.45, 7) is 0. The number of nitrogens with zero attached hydrogens (tertiary/aromatic N) is 1. The number of hydrogen-bond acceptors (Lipinski definition) is 3. The van der Waals surface area contributed by atoms with Crippen molar-refractivity contribution in [2.45, 2.75) is 38.1 Å². The number of amides is 1. The molecule has 0 unspecified atom stereocenters. The Kier molecular flexibility index (Phi) is 3.92. The molecule has 1 aromatic rings. The molecular weight excluding hydrogens is 232 g/mol. The summed E-state index contributed by atoms with van der Waals surface area (Å²) in [4.78, 5) is 22.1. The highest BCUT2D eigenvalue weighted by Gasteiger charge is 2.17. The maximum absolute atomic E-state index is 12.0. The number of carbonyl (C=O) groups is 1. The fourth-order valence-electron chi connectivity index (χ4n) is 2.28. The predicted octanol–water partition coefficient (Wildman–Crippen LogP) is 2.66. The van der Waals surface area contributed by atoms with E-state index < -0.39 is 4.92 Å². The summed E-state index contributed by atoms with van der Waals surface area (Å²) in [5.41, 5.74) is 0.307. The van der Waals surface area contributed by atoms with Gasteiger partial charge in [0.2, 0.25) is 0 Å². The number of hydrogen-bond donors (Lipinski definition) is 1. The van der Waals surface area contributed by atoms with Gasteiger partial charge in [-0.2, -0.15) is 0 Å². The molecule has 18 heavy (non-hydrogen) atoms. The summed E-state index contributed by atoms with van der Waals surface area (Å²) in [6.07, 6.45) is 5.50. The van der Waals surface area contributed by atoms with Crippen molar-refractivity contribution in [2.75, 3.05) is 0 Å². The molecule has 0 heterocycles. The van der Waals surface area contributed by atoms with Gasteiger partial charge in [-0.3, -0.25) is 14.9 Å². The van der Waals surface area contributed by atoms with Crippen LogP contribution in [0.2, 0.25) is 0 Å². The van der Waals surface area contributed by atoms with Crippen LogP contribution in [0.15, 0.2) is 24.3 Å². The maximum atomic E-state index is 12.0. The van der Waals surface area contributed by atoms with Gasteiger partial charge in [0.25, 0.3) is 11.6 Å². The van der Waals surface area contributed by atoms with Crippen molar-refractivity contribution in [1.29, 1.82) is 0 Å². The minimum absolute atomic E-state index is 0.0497. The Hall–Kier alpha value is -1.91. The zero-order valence-electron chi connectivity index (χ0n) is 10.1. The lowest BCUT2D eigenvalue weighted by molar-refractivity contribution is -0.384. The molecule has 1 fully saturated rings. The van der Waals surface area contributed by atoms with Crippen LogP contribution in [0.4, 0.5) is 5.69 Å². The number of nitro groups is 1. The first kappa shape index (κ1) is 12.5. The molecule has 0 bridgehead atoms. The zero-order valence-corrected chi connectivity index (χ0v) is 10.1. The van der Waals surface area contributed by atoms with E-state index in [0.717, 1.165) is 25.7 Å². The van der Waals surface area contributed by atoms with Crippen LogP contribution in [0.1, 0.15) is 42.5 Å². The molecule has 0 aliphatic heterocycles. The minimum atomic E-state index is -0.489. The van der Waals surface area contributed by atoms with Gasteiger partial charge in [-0.1, -0.05) is 25.3 Å². The number of non-ortho nitro benzene ring substituents is 1. The highest BCUT2D eigenvalue weighted by atomic mass is 16.6. The van der Waals surface area contributed by atoms with Crippen LogP contribution >= 0.6 is 0 Å². The lowest BCUT2D eigenvalue weighted by atomic mass is 9.95. The van der Waals surface area contributed by atoms with Crippen molar-refractivity contribution in [3.63, 3.8) is 0 Å². The maximum Gasteiger partial charge on any atom is 0.270 e. The second-order valence-electron chi connectivity index (χ2n) is 4.62. The van der Waals surface area contributed by atoms with Crippen LogP contribution in [-0.2, 0) is 0 Å². The minimum Gasteiger partial charge on any atom is -0.349 e. The Balaban J connectivity index is 2.03. The van der Waals surface area contributed by atoms with E-state index in [9.17, 15) is 14.9 Å². The average Bonchev–Trinajstić information content (AvgIpc) is 2.40. The molecule has 1 saturated carbocycles. The molecule has 96 valence electrons. The van der Waals surface area contributed by atoms with Gasteiger partial charge < -0.3 is 5.32 Å². The molecule has 5 heteroatoms. The van der Waals surface area contributed by atoms with Crippen molar-refractivity contribution >= 4 is 11.6 Å². The third kappa shape index (κ3) is 3.06. The first-order chi connectivity index (χ1) is 8.66. The van der Waals surface area contributed by atoms with Gasteiger partial charge in [-0.05, 0) is 18.9 Å². The van der Waals surface area contributed by atoms with Crippen molar-refractivity contribution in [1.82, 2.24) is 5.32 Å². The summed E-state index contributed by atoms with van der Waals surface area (Å²) in [5, 5.41) is 13.6. The van der Waals surface area contributed by atoms with Gasteiger partial charge in [-0.15, -0.1) is 0 Å². The van der Waals surface area contributed by atoms with Gasteiger partial charge in [-0.25, -0.2) is 0 Å². The van der Waals surface area contributed by atoms with Gasteiger partial charge >= 0.3 is 0 Å². The van der Waals surface area contributed by atoms with Crippen LogP contribution in [0.3, 0.4) is 0 Å². The standard InChI is InChI=1S/C13H16N2O3/c16-13(14-11-6-2-1-3-7-11)10-5-4-8-12(9-10)15(17)18/h4-5,8-9,11H,1-3,6-7H2,(H,14,16). The van der Waals surface area contributed by atoms with E-state index in [2.05, 4.69) is 5.32 Å². The largest absolute Gasteiger partial charge is 0.349 e. The van der Waals surface area contributed by atoms with Gasteiger partial charge in [0.05, 0.1) is 4.92 Å². The predicted molar refractivity (Wildman–Crippen MR) is 67.4 cm³/mol. The van der Waals surface area contributed by atoms with Gasteiger partial charge in [0, 0.05) is 23.7 Å². The molecule has 1 aromatic carbocycles. The Morgan fingerprint density at radius 1 is 1.28 bits per heavy atom. The van der Waals surface area contributed by atoms with Crippen molar-refractivity contribution < 1.29 is 9.72 Å².